The molecule has 122 valence electrons. The first kappa shape index (κ1) is 14.9. The highest BCUT2D eigenvalue weighted by Crippen LogP contribution is 2.28. The molecule has 1 aliphatic heterocycles. The number of carbonyl (C=O) groups excluding carboxylic acids is 1. The van der Waals surface area contributed by atoms with Crippen molar-refractivity contribution >= 4 is 17.2 Å². The highest BCUT2D eigenvalue weighted by Gasteiger charge is 2.28. The second-order valence-electron chi connectivity index (χ2n) is 6.61. The van der Waals surface area contributed by atoms with Gasteiger partial charge in [-0.2, -0.15) is 11.3 Å². The lowest BCUT2D eigenvalue weighted by Gasteiger charge is -2.33. The van der Waals surface area contributed by atoms with Gasteiger partial charge in [-0.1, -0.05) is 0 Å². The lowest BCUT2D eigenvalue weighted by Crippen LogP contribution is -2.36. The molecule has 6 heteroatoms. The van der Waals surface area contributed by atoms with E-state index in [0.29, 0.717) is 11.6 Å². The molecule has 23 heavy (non-hydrogen) atoms. The predicted molar refractivity (Wildman–Crippen MR) is 90.4 cm³/mol. The van der Waals surface area contributed by atoms with Gasteiger partial charge < -0.3 is 9.88 Å². The molecule has 2 aromatic rings. The van der Waals surface area contributed by atoms with E-state index >= 15 is 0 Å². The van der Waals surface area contributed by atoms with Crippen LogP contribution in [0.5, 0.6) is 0 Å². The standard InChI is InChI=1S/C17H22N4OS/c1-12-16-19-15(17(22)18-8-13-2-3-13)10-21(16)6-5-20(12)9-14-4-7-23-11-14/h4,7,10-13H,2-3,5-6,8-9H2,1H3,(H,18,22)/t12-/m1/s1. The van der Waals surface area contributed by atoms with Crippen LogP contribution in [-0.4, -0.2) is 33.4 Å². The van der Waals surface area contributed by atoms with Crippen molar-refractivity contribution in [1.29, 1.82) is 0 Å². The van der Waals surface area contributed by atoms with Crippen LogP contribution in [0.4, 0.5) is 0 Å². The summed E-state index contributed by atoms with van der Waals surface area (Å²) in [5, 5.41) is 7.32. The number of rotatable bonds is 5. The van der Waals surface area contributed by atoms with Gasteiger partial charge in [0.2, 0.25) is 0 Å². The molecule has 1 aliphatic carbocycles. The molecule has 3 heterocycles. The molecular weight excluding hydrogens is 308 g/mol. The van der Waals surface area contributed by atoms with Crippen LogP contribution >= 0.6 is 11.3 Å². The lowest BCUT2D eigenvalue weighted by molar-refractivity contribution is 0.0947. The molecule has 0 radical (unpaired) electrons. The Morgan fingerprint density at radius 2 is 2.30 bits per heavy atom. The Balaban J connectivity index is 1.46. The summed E-state index contributed by atoms with van der Waals surface area (Å²) in [6.07, 6.45) is 4.40. The summed E-state index contributed by atoms with van der Waals surface area (Å²) in [5.41, 5.74) is 1.91. The Labute approximate surface area is 140 Å². The van der Waals surface area contributed by atoms with E-state index in [1.54, 1.807) is 11.3 Å². The molecule has 0 unspecified atom stereocenters. The third kappa shape index (κ3) is 3.19. The Morgan fingerprint density at radius 1 is 1.43 bits per heavy atom. The molecule has 0 saturated heterocycles. The number of amides is 1. The number of hydrogen-bond acceptors (Lipinski definition) is 4. The summed E-state index contributed by atoms with van der Waals surface area (Å²) in [6.45, 7) is 5.80. The number of imidazole rings is 1. The van der Waals surface area contributed by atoms with Crippen LogP contribution in [-0.2, 0) is 13.1 Å². The molecule has 4 rings (SSSR count). The second-order valence-corrected chi connectivity index (χ2v) is 7.39. The first-order valence-electron chi connectivity index (χ1n) is 8.31. The van der Waals surface area contributed by atoms with Gasteiger partial charge in [0.25, 0.3) is 5.91 Å². The van der Waals surface area contributed by atoms with Crippen molar-refractivity contribution in [2.45, 2.75) is 38.9 Å². The van der Waals surface area contributed by atoms with Gasteiger partial charge in [-0.3, -0.25) is 9.69 Å². The molecule has 0 aromatic carbocycles. The van der Waals surface area contributed by atoms with Gasteiger partial charge in [-0.05, 0) is 48.1 Å². The summed E-state index contributed by atoms with van der Waals surface area (Å²) >= 11 is 1.74. The fourth-order valence-electron chi connectivity index (χ4n) is 3.13. The first-order valence-corrected chi connectivity index (χ1v) is 9.25. The van der Waals surface area contributed by atoms with Gasteiger partial charge in [0.05, 0.1) is 6.04 Å². The third-order valence-corrected chi connectivity index (χ3v) is 5.54. The van der Waals surface area contributed by atoms with Crippen molar-refractivity contribution in [1.82, 2.24) is 19.8 Å². The van der Waals surface area contributed by atoms with Crippen molar-refractivity contribution in [3.63, 3.8) is 0 Å². The Kier molecular flexibility index (Phi) is 3.95. The van der Waals surface area contributed by atoms with Gasteiger partial charge >= 0.3 is 0 Å². The molecule has 5 nitrogen and oxygen atoms in total. The van der Waals surface area contributed by atoms with E-state index in [2.05, 4.69) is 43.5 Å². The van der Waals surface area contributed by atoms with Crippen LogP contribution < -0.4 is 5.32 Å². The third-order valence-electron chi connectivity index (χ3n) is 4.80. The minimum atomic E-state index is -0.0321. The SMILES string of the molecule is C[C@@H]1c2nc(C(=O)NCC3CC3)cn2CCN1Cc1ccsc1. The minimum Gasteiger partial charge on any atom is -0.350 e. The van der Waals surface area contributed by atoms with Crippen molar-refractivity contribution in [3.05, 3.63) is 40.1 Å². The van der Waals surface area contributed by atoms with Gasteiger partial charge in [0.1, 0.15) is 11.5 Å². The summed E-state index contributed by atoms with van der Waals surface area (Å²) in [4.78, 5) is 19.3. The van der Waals surface area contributed by atoms with E-state index in [1.807, 2.05) is 6.20 Å². The van der Waals surface area contributed by atoms with Crippen LogP contribution in [0.3, 0.4) is 0 Å². The number of aromatic nitrogens is 2. The van der Waals surface area contributed by atoms with Crippen molar-refractivity contribution in [2.24, 2.45) is 5.92 Å². The van der Waals surface area contributed by atoms with E-state index in [9.17, 15) is 4.79 Å². The topological polar surface area (TPSA) is 50.2 Å². The molecule has 0 spiro atoms. The number of nitrogens with zero attached hydrogens (tertiary/aromatic N) is 3. The summed E-state index contributed by atoms with van der Waals surface area (Å²) < 4.78 is 2.14. The van der Waals surface area contributed by atoms with E-state index in [4.69, 9.17) is 0 Å². The number of fused-ring (bicyclic) bond motifs is 1. The first-order chi connectivity index (χ1) is 11.2. The largest absolute Gasteiger partial charge is 0.350 e. The Hall–Kier alpha value is -1.66. The zero-order chi connectivity index (χ0) is 15.8. The van der Waals surface area contributed by atoms with Crippen molar-refractivity contribution < 1.29 is 4.79 Å². The average Bonchev–Trinajstić information content (AvgIpc) is 3.05. The minimum absolute atomic E-state index is 0.0321. The van der Waals surface area contributed by atoms with E-state index < -0.39 is 0 Å². The van der Waals surface area contributed by atoms with Gasteiger partial charge in [-0.15, -0.1) is 0 Å². The van der Waals surface area contributed by atoms with E-state index in [1.165, 1.54) is 18.4 Å². The average molecular weight is 330 g/mol. The fourth-order valence-corrected chi connectivity index (χ4v) is 3.79. The van der Waals surface area contributed by atoms with Crippen LogP contribution in [0.25, 0.3) is 0 Å². The molecule has 1 N–H and O–H groups in total. The van der Waals surface area contributed by atoms with Crippen LogP contribution in [0, 0.1) is 5.92 Å². The molecule has 1 fully saturated rings. The van der Waals surface area contributed by atoms with Crippen LogP contribution in [0.1, 0.15) is 47.7 Å². The lowest BCUT2D eigenvalue weighted by atomic mass is 10.2. The molecule has 1 atom stereocenters. The van der Waals surface area contributed by atoms with Crippen LogP contribution in [0.2, 0.25) is 0 Å². The summed E-state index contributed by atoms with van der Waals surface area (Å²) in [5.74, 6) is 1.66. The number of hydrogen-bond donors (Lipinski definition) is 1. The Bertz CT molecular complexity index is 690. The smallest absolute Gasteiger partial charge is 0.271 e. The Morgan fingerprint density at radius 3 is 3.04 bits per heavy atom. The highest BCUT2D eigenvalue weighted by atomic mass is 32.1. The quantitative estimate of drug-likeness (QED) is 0.917. The molecule has 1 saturated carbocycles. The van der Waals surface area contributed by atoms with E-state index in [0.717, 1.165) is 32.0 Å². The fraction of sp³-hybridized carbons (Fsp3) is 0.529. The molecule has 0 bridgehead atoms. The molecular formula is C17H22N4OS. The van der Waals surface area contributed by atoms with Gasteiger partial charge in [-0.25, -0.2) is 4.98 Å². The predicted octanol–water partition coefficient (Wildman–Crippen LogP) is 2.66. The van der Waals surface area contributed by atoms with E-state index in [-0.39, 0.29) is 11.9 Å². The van der Waals surface area contributed by atoms with Gasteiger partial charge in [0.15, 0.2) is 0 Å². The number of nitrogens with one attached hydrogen (secondary N) is 1. The van der Waals surface area contributed by atoms with Crippen LogP contribution in [0.15, 0.2) is 23.0 Å². The van der Waals surface area contributed by atoms with Crippen molar-refractivity contribution in [2.75, 3.05) is 13.1 Å². The normalized spacial score (nSPS) is 21.2. The summed E-state index contributed by atoms with van der Waals surface area (Å²) in [7, 11) is 0. The van der Waals surface area contributed by atoms with Gasteiger partial charge in [0, 0.05) is 32.4 Å². The number of thiophene rings is 1. The zero-order valence-corrected chi connectivity index (χ0v) is 14.2. The maximum absolute atomic E-state index is 12.2. The molecule has 1 amide bonds. The van der Waals surface area contributed by atoms with Crippen molar-refractivity contribution in [3.8, 4) is 0 Å². The maximum Gasteiger partial charge on any atom is 0.271 e. The summed E-state index contributed by atoms with van der Waals surface area (Å²) in [6, 6.07) is 2.41. The zero-order valence-electron chi connectivity index (χ0n) is 13.4. The highest BCUT2D eigenvalue weighted by molar-refractivity contribution is 7.07. The monoisotopic (exact) mass is 330 g/mol. The maximum atomic E-state index is 12.2. The molecule has 2 aromatic heterocycles. The molecule has 2 aliphatic rings. The second kappa shape index (κ2) is 6.09. The number of carbonyl (C=O) groups is 1.